The monoisotopic (exact) mass is 284 g/mol. The zero-order valence-electron chi connectivity index (χ0n) is 11.2. The molecule has 0 radical (unpaired) electrons. The van der Waals surface area contributed by atoms with Crippen LogP contribution in [0.4, 0.5) is 10.1 Å². The first-order valence-corrected chi connectivity index (χ1v) is 6.59. The standard InChI is InChI=1S/C15H13FN4O/c16-13-6-2-1-4-11(13)12-5-3-7-14-15(12)21-10(8-18-14)9-19-20-17/h1-7,10,18H,8-9H2/t10-/m1/s1. The number of hydrogen-bond donors (Lipinski definition) is 1. The second-order valence-electron chi connectivity index (χ2n) is 4.70. The Morgan fingerprint density at radius 3 is 2.86 bits per heavy atom. The molecule has 5 nitrogen and oxygen atoms in total. The Morgan fingerprint density at radius 2 is 2.05 bits per heavy atom. The number of benzene rings is 2. The van der Waals surface area contributed by atoms with Crippen LogP contribution in [-0.2, 0) is 0 Å². The van der Waals surface area contributed by atoms with Crippen LogP contribution in [0.3, 0.4) is 0 Å². The third-order valence-electron chi connectivity index (χ3n) is 3.33. The molecule has 0 unspecified atom stereocenters. The molecule has 2 aromatic carbocycles. The van der Waals surface area contributed by atoms with E-state index < -0.39 is 0 Å². The summed E-state index contributed by atoms with van der Waals surface area (Å²) < 4.78 is 19.9. The minimum Gasteiger partial charge on any atom is -0.486 e. The van der Waals surface area contributed by atoms with Gasteiger partial charge in [0, 0.05) is 16.0 Å². The van der Waals surface area contributed by atoms with Crippen LogP contribution in [-0.4, -0.2) is 19.2 Å². The number of halogens is 1. The number of nitrogens with zero attached hydrogens (tertiary/aromatic N) is 3. The Kier molecular flexibility index (Phi) is 3.62. The van der Waals surface area contributed by atoms with Crippen molar-refractivity contribution in [3.05, 3.63) is 58.7 Å². The number of hydrogen-bond acceptors (Lipinski definition) is 3. The van der Waals surface area contributed by atoms with E-state index in [0.29, 0.717) is 23.4 Å². The van der Waals surface area contributed by atoms with E-state index in [-0.39, 0.29) is 18.5 Å². The number of ether oxygens (including phenoxy) is 1. The molecule has 2 aromatic rings. The molecule has 6 heteroatoms. The predicted molar refractivity (Wildman–Crippen MR) is 78.8 cm³/mol. The van der Waals surface area contributed by atoms with Crippen LogP contribution in [0.15, 0.2) is 47.6 Å². The quantitative estimate of drug-likeness (QED) is 0.526. The molecule has 0 aliphatic carbocycles. The van der Waals surface area contributed by atoms with Gasteiger partial charge < -0.3 is 10.1 Å². The van der Waals surface area contributed by atoms with E-state index in [1.54, 1.807) is 18.2 Å². The fourth-order valence-electron chi connectivity index (χ4n) is 2.36. The topological polar surface area (TPSA) is 70.0 Å². The number of para-hydroxylation sites is 1. The highest BCUT2D eigenvalue weighted by Crippen LogP contribution is 2.40. The summed E-state index contributed by atoms with van der Waals surface area (Å²) in [6, 6.07) is 12.1. The van der Waals surface area contributed by atoms with Gasteiger partial charge in [-0.1, -0.05) is 35.4 Å². The molecule has 0 saturated heterocycles. The molecule has 3 rings (SSSR count). The van der Waals surface area contributed by atoms with E-state index in [9.17, 15) is 4.39 Å². The zero-order valence-corrected chi connectivity index (χ0v) is 11.2. The minimum absolute atomic E-state index is 0.231. The van der Waals surface area contributed by atoms with Crippen molar-refractivity contribution in [2.24, 2.45) is 5.11 Å². The van der Waals surface area contributed by atoms with Crippen molar-refractivity contribution < 1.29 is 9.13 Å². The van der Waals surface area contributed by atoms with Crippen molar-refractivity contribution in [2.75, 3.05) is 18.4 Å². The maximum Gasteiger partial charge on any atom is 0.150 e. The van der Waals surface area contributed by atoms with Gasteiger partial charge in [0.25, 0.3) is 0 Å². The highest BCUT2D eigenvalue weighted by atomic mass is 19.1. The summed E-state index contributed by atoms with van der Waals surface area (Å²) in [6.07, 6.45) is -0.263. The average Bonchev–Trinajstić information content (AvgIpc) is 2.53. The van der Waals surface area contributed by atoms with Crippen molar-refractivity contribution in [3.63, 3.8) is 0 Å². The summed E-state index contributed by atoms with van der Waals surface area (Å²) in [5.41, 5.74) is 10.4. The lowest BCUT2D eigenvalue weighted by Crippen LogP contribution is -2.33. The zero-order chi connectivity index (χ0) is 14.7. The summed E-state index contributed by atoms with van der Waals surface area (Å²) in [5.74, 6) is 0.290. The molecule has 1 heterocycles. The Balaban J connectivity index is 2.01. The molecule has 0 amide bonds. The first-order chi connectivity index (χ1) is 10.3. The molecule has 1 aliphatic rings. The van der Waals surface area contributed by atoms with Gasteiger partial charge >= 0.3 is 0 Å². The van der Waals surface area contributed by atoms with Gasteiger partial charge in [-0.2, -0.15) is 0 Å². The molecule has 0 fully saturated rings. The average molecular weight is 284 g/mol. The number of anilines is 1. The summed E-state index contributed by atoms with van der Waals surface area (Å²) in [7, 11) is 0. The molecule has 1 aliphatic heterocycles. The lowest BCUT2D eigenvalue weighted by molar-refractivity contribution is 0.215. The van der Waals surface area contributed by atoms with Crippen molar-refractivity contribution >= 4 is 5.69 Å². The minimum atomic E-state index is -0.299. The SMILES string of the molecule is [N-]=[N+]=NC[C@H]1CNc2cccc(-c3ccccc3F)c2O1. The van der Waals surface area contributed by atoms with Gasteiger partial charge in [0.2, 0.25) is 0 Å². The summed E-state index contributed by atoms with van der Waals surface area (Å²) >= 11 is 0. The smallest absolute Gasteiger partial charge is 0.150 e. The molecule has 1 atom stereocenters. The van der Waals surface area contributed by atoms with Gasteiger partial charge in [0.05, 0.1) is 18.8 Å². The summed E-state index contributed by atoms with van der Waals surface area (Å²) in [6.45, 7) is 0.779. The molecular formula is C15H13FN4O. The fraction of sp³-hybridized carbons (Fsp3) is 0.200. The van der Waals surface area contributed by atoms with Crippen LogP contribution in [0.25, 0.3) is 21.6 Å². The van der Waals surface area contributed by atoms with Crippen LogP contribution in [0.2, 0.25) is 0 Å². The lowest BCUT2D eigenvalue weighted by atomic mass is 10.0. The summed E-state index contributed by atoms with van der Waals surface area (Å²) in [5, 5.41) is 6.75. The molecule has 0 aromatic heterocycles. The predicted octanol–water partition coefficient (Wildman–Crippen LogP) is 3.98. The largest absolute Gasteiger partial charge is 0.486 e. The lowest BCUT2D eigenvalue weighted by Gasteiger charge is -2.28. The van der Waals surface area contributed by atoms with Crippen LogP contribution >= 0.6 is 0 Å². The molecular weight excluding hydrogens is 271 g/mol. The van der Waals surface area contributed by atoms with Crippen LogP contribution in [0, 0.1) is 5.82 Å². The number of rotatable bonds is 3. The number of azide groups is 1. The van der Waals surface area contributed by atoms with E-state index in [1.165, 1.54) is 6.07 Å². The molecule has 21 heavy (non-hydrogen) atoms. The van der Waals surface area contributed by atoms with Gasteiger partial charge in [-0.25, -0.2) is 4.39 Å². The van der Waals surface area contributed by atoms with Gasteiger partial charge in [0.1, 0.15) is 11.9 Å². The molecule has 0 spiro atoms. The number of nitrogens with one attached hydrogen (secondary N) is 1. The maximum absolute atomic E-state index is 14.0. The molecule has 1 N–H and O–H groups in total. The molecule has 0 bridgehead atoms. The van der Waals surface area contributed by atoms with E-state index in [4.69, 9.17) is 10.3 Å². The van der Waals surface area contributed by atoms with Gasteiger partial charge in [0.15, 0.2) is 5.75 Å². The first-order valence-electron chi connectivity index (χ1n) is 6.59. The normalized spacial score (nSPS) is 16.1. The number of fused-ring (bicyclic) bond motifs is 1. The first kappa shape index (κ1) is 13.3. The highest BCUT2D eigenvalue weighted by molar-refractivity contribution is 5.79. The summed E-state index contributed by atoms with van der Waals surface area (Å²) in [4.78, 5) is 2.74. The van der Waals surface area contributed by atoms with Crippen LogP contribution < -0.4 is 10.1 Å². The van der Waals surface area contributed by atoms with E-state index in [1.807, 2.05) is 18.2 Å². The Bertz CT molecular complexity index is 713. The molecule has 0 saturated carbocycles. The van der Waals surface area contributed by atoms with Crippen molar-refractivity contribution in [2.45, 2.75) is 6.10 Å². The second-order valence-corrected chi connectivity index (χ2v) is 4.70. The Hall–Kier alpha value is -2.72. The third-order valence-corrected chi connectivity index (χ3v) is 3.33. The van der Waals surface area contributed by atoms with Crippen molar-refractivity contribution in [1.82, 2.24) is 0 Å². The maximum atomic E-state index is 14.0. The second kappa shape index (κ2) is 5.73. The third kappa shape index (κ3) is 2.61. The van der Waals surface area contributed by atoms with E-state index in [0.717, 1.165) is 5.69 Å². The van der Waals surface area contributed by atoms with Gasteiger partial charge in [-0.15, -0.1) is 0 Å². The van der Waals surface area contributed by atoms with Crippen molar-refractivity contribution in [3.8, 4) is 16.9 Å². The van der Waals surface area contributed by atoms with Gasteiger partial charge in [-0.05, 0) is 17.7 Å². The Morgan fingerprint density at radius 1 is 1.24 bits per heavy atom. The fourth-order valence-corrected chi connectivity index (χ4v) is 2.36. The van der Waals surface area contributed by atoms with E-state index >= 15 is 0 Å². The Labute approximate surface area is 121 Å². The van der Waals surface area contributed by atoms with Crippen LogP contribution in [0.1, 0.15) is 0 Å². The van der Waals surface area contributed by atoms with Gasteiger partial charge in [-0.3, -0.25) is 0 Å². The molecule has 106 valence electrons. The van der Waals surface area contributed by atoms with E-state index in [2.05, 4.69) is 15.3 Å². The highest BCUT2D eigenvalue weighted by Gasteiger charge is 2.22. The van der Waals surface area contributed by atoms with Crippen LogP contribution in [0.5, 0.6) is 5.75 Å². The van der Waals surface area contributed by atoms with Crippen molar-refractivity contribution in [1.29, 1.82) is 0 Å².